The van der Waals surface area contributed by atoms with Gasteiger partial charge in [-0.05, 0) is 25.1 Å². The van der Waals surface area contributed by atoms with Gasteiger partial charge in [-0.15, -0.1) is 11.3 Å². The number of rotatable bonds is 6. The second-order valence-electron chi connectivity index (χ2n) is 5.25. The number of methoxy groups -OCH3 is 1. The van der Waals surface area contributed by atoms with Gasteiger partial charge in [-0.1, -0.05) is 0 Å². The lowest BCUT2D eigenvalue weighted by atomic mass is 10.2. The van der Waals surface area contributed by atoms with Crippen LogP contribution in [0.4, 0.5) is 5.69 Å². The Hall–Kier alpha value is -1.99. The average molecular weight is 366 g/mol. The van der Waals surface area contributed by atoms with E-state index in [9.17, 15) is 13.7 Å². The van der Waals surface area contributed by atoms with E-state index in [0.29, 0.717) is 12.2 Å². The van der Waals surface area contributed by atoms with E-state index in [2.05, 4.69) is 4.98 Å². The first-order valence-electron chi connectivity index (χ1n) is 7.01. The molecule has 0 aliphatic rings. The van der Waals surface area contributed by atoms with Gasteiger partial charge in [0, 0.05) is 19.5 Å². The summed E-state index contributed by atoms with van der Waals surface area (Å²) in [4.78, 5) is 6.26. The summed E-state index contributed by atoms with van der Waals surface area (Å²) in [5, 5.41) is 17.2. The number of nitriles is 1. The zero-order valence-corrected chi connectivity index (χ0v) is 15.2. The van der Waals surface area contributed by atoms with E-state index in [4.69, 9.17) is 9.88 Å². The predicted molar refractivity (Wildman–Crippen MR) is 92.2 cm³/mol. The van der Waals surface area contributed by atoms with E-state index >= 15 is 0 Å². The first-order valence-corrected chi connectivity index (χ1v) is 9.44. The van der Waals surface area contributed by atoms with Crippen LogP contribution in [0.1, 0.15) is 29.3 Å². The zero-order valence-electron chi connectivity index (χ0n) is 13.6. The minimum absolute atomic E-state index is 0.0715. The number of nitrogens with zero attached hydrogens (tertiary/aromatic N) is 3. The molecule has 1 aromatic heterocycles. The van der Waals surface area contributed by atoms with Crippen LogP contribution in [0, 0.1) is 11.3 Å². The summed E-state index contributed by atoms with van der Waals surface area (Å²) in [6.45, 7) is 2.41. The second kappa shape index (κ2) is 7.27. The molecule has 0 spiro atoms. The normalized spacial score (nSPS) is 12.6. The number of ether oxygens (including phenoxy) is 1. The van der Waals surface area contributed by atoms with Gasteiger partial charge in [-0.25, -0.2) is 18.5 Å². The Morgan fingerprint density at radius 1 is 1.50 bits per heavy atom. The van der Waals surface area contributed by atoms with Crippen molar-refractivity contribution in [1.29, 1.82) is 5.26 Å². The van der Waals surface area contributed by atoms with Gasteiger partial charge in [0.2, 0.25) is 10.0 Å². The van der Waals surface area contributed by atoms with E-state index in [0.717, 1.165) is 10.7 Å². The number of anilines is 1. The lowest BCUT2D eigenvalue weighted by Gasteiger charge is -2.19. The molecule has 128 valence electrons. The molecule has 9 heteroatoms. The van der Waals surface area contributed by atoms with Crippen molar-refractivity contribution in [1.82, 2.24) is 4.98 Å². The Morgan fingerprint density at radius 2 is 2.21 bits per heavy atom. The van der Waals surface area contributed by atoms with Crippen molar-refractivity contribution in [3.63, 3.8) is 0 Å². The van der Waals surface area contributed by atoms with Crippen LogP contribution in [0.3, 0.4) is 0 Å². The number of hydrogen-bond acceptors (Lipinski definition) is 7. The quantitative estimate of drug-likeness (QED) is 0.837. The number of hydrogen-bond donors (Lipinski definition) is 1. The molecule has 0 amide bonds. The van der Waals surface area contributed by atoms with Crippen molar-refractivity contribution in [2.75, 3.05) is 19.1 Å². The van der Waals surface area contributed by atoms with Crippen molar-refractivity contribution in [3.8, 4) is 6.07 Å². The van der Waals surface area contributed by atoms with Gasteiger partial charge in [-0.3, -0.25) is 0 Å². The Morgan fingerprint density at radius 3 is 2.79 bits per heavy atom. The first kappa shape index (κ1) is 18.4. The molecular weight excluding hydrogens is 348 g/mol. The smallest absolute Gasteiger partial charge is 0.238 e. The Bertz CT molecular complexity index is 871. The van der Waals surface area contributed by atoms with Gasteiger partial charge in [0.25, 0.3) is 0 Å². The minimum atomic E-state index is -3.84. The molecule has 1 atom stereocenters. The molecule has 2 aromatic rings. The van der Waals surface area contributed by atoms with Crippen LogP contribution in [-0.2, 0) is 21.3 Å². The maximum absolute atomic E-state index is 11.4. The van der Waals surface area contributed by atoms with E-state index in [-0.39, 0.29) is 16.6 Å². The third kappa shape index (κ3) is 4.10. The third-order valence-corrected chi connectivity index (χ3v) is 5.46. The molecule has 0 radical (unpaired) electrons. The number of sulfonamides is 1. The molecule has 0 bridgehead atoms. The van der Waals surface area contributed by atoms with Crippen LogP contribution in [0.2, 0.25) is 0 Å². The molecule has 2 N–H and O–H groups in total. The highest BCUT2D eigenvalue weighted by Crippen LogP contribution is 2.25. The lowest BCUT2D eigenvalue weighted by Crippen LogP contribution is -2.19. The molecule has 0 aliphatic carbocycles. The predicted octanol–water partition coefficient (Wildman–Crippen LogP) is 2.01. The molecule has 1 heterocycles. The van der Waals surface area contributed by atoms with E-state index < -0.39 is 10.0 Å². The highest BCUT2D eigenvalue weighted by molar-refractivity contribution is 7.89. The summed E-state index contributed by atoms with van der Waals surface area (Å²) < 4.78 is 28.0. The first-order chi connectivity index (χ1) is 11.3. The molecule has 1 unspecified atom stereocenters. The molecule has 0 saturated heterocycles. The van der Waals surface area contributed by atoms with E-state index in [1.165, 1.54) is 23.5 Å². The fourth-order valence-corrected chi connectivity index (χ4v) is 3.51. The fraction of sp³-hybridized carbons (Fsp3) is 0.333. The summed E-state index contributed by atoms with van der Waals surface area (Å²) in [5.74, 6) is 0. The average Bonchev–Trinajstić information content (AvgIpc) is 3.01. The molecule has 2 rings (SSSR count). The number of thiazole rings is 1. The number of nitrogens with two attached hydrogens (primary N) is 1. The van der Waals surface area contributed by atoms with Crippen molar-refractivity contribution < 1.29 is 13.2 Å². The van der Waals surface area contributed by atoms with Gasteiger partial charge >= 0.3 is 0 Å². The van der Waals surface area contributed by atoms with Crippen LogP contribution in [0.15, 0.2) is 28.5 Å². The Labute approximate surface area is 145 Å². The maximum atomic E-state index is 11.4. The Balaban J connectivity index is 2.25. The van der Waals surface area contributed by atoms with Crippen molar-refractivity contribution >= 4 is 27.0 Å². The SMILES string of the molecule is COC(C)c1nc(CN(C)c2ccc(S(N)(=O)=O)cc2C#N)cs1. The van der Waals surface area contributed by atoms with Crippen molar-refractivity contribution in [2.45, 2.75) is 24.5 Å². The molecule has 1 aromatic carbocycles. The zero-order chi connectivity index (χ0) is 17.9. The summed E-state index contributed by atoms with van der Waals surface area (Å²) in [6, 6.07) is 6.25. The van der Waals surface area contributed by atoms with Crippen molar-refractivity contribution in [2.24, 2.45) is 5.14 Å². The van der Waals surface area contributed by atoms with Crippen LogP contribution in [0.25, 0.3) is 0 Å². The summed E-state index contributed by atoms with van der Waals surface area (Å²) >= 11 is 1.51. The lowest BCUT2D eigenvalue weighted by molar-refractivity contribution is 0.119. The van der Waals surface area contributed by atoms with Gasteiger partial charge in [0.15, 0.2) is 0 Å². The second-order valence-corrected chi connectivity index (χ2v) is 7.70. The summed E-state index contributed by atoms with van der Waals surface area (Å²) in [7, 11) is -0.400. The van der Waals surface area contributed by atoms with Crippen molar-refractivity contribution in [3.05, 3.63) is 39.8 Å². The monoisotopic (exact) mass is 366 g/mol. The minimum Gasteiger partial charge on any atom is -0.375 e. The largest absolute Gasteiger partial charge is 0.375 e. The number of primary sulfonamides is 1. The highest BCUT2D eigenvalue weighted by atomic mass is 32.2. The fourth-order valence-electron chi connectivity index (χ4n) is 2.13. The molecular formula is C15H18N4O3S2. The highest BCUT2D eigenvalue weighted by Gasteiger charge is 2.15. The molecule has 7 nitrogen and oxygen atoms in total. The summed E-state index contributed by atoms with van der Waals surface area (Å²) in [6.07, 6.45) is -0.0715. The Kier molecular flexibility index (Phi) is 5.56. The van der Waals surface area contributed by atoms with Crippen LogP contribution in [-0.4, -0.2) is 27.6 Å². The van der Waals surface area contributed by atoms with Gasteiger partial charge in [-0.2, -0.15) is 5.26 Å². The van der Waals surface area contributed by atoms with Gasteiger partial charge < -0.3 is 9.64 Å². The van der Waals surface area contributed by atoms with Crippen LogP contribution >= 0.6 is 11.3 Å². The molecule has 24 heavy (non-hydrogen) atoms. The maximum Gasteiger partial charge on any atom is 0.238 e. The standard InChI is InChI=1S/C15H18N4O3S2/c1-10(22-3)15-18-12(9-23-15)8-19(2)14-5-4-13(24(17,20)21)6-11(14)7-16/h4-6,9-10H,8H2,1-3H3,(H2,17,20,21). The van der Waals surface area contributed by atoms with Crippen LogP contribution in [0.5, 0.6) is 0 Å². The van der Waals surface area contributed by atoms with E-state index in [1.807, 2.05) is 30.3 Å². The molecule has 0 fully saturated rings. The van der Waals surface area contributed by atoms with Gasteiger partial charge in [0.05, 0.1) is 28.4 Å². The van der Waals surface area contributed by atoms with Gasteiger partial charge in [0.1, 0.15) is 17.2 Å². The summed E-state index contributed by atoms with van der Waals surface area (Å²) in [5.41, 5.74) is 1.70. The molecule has 0 aliphatic heterocycles. The topological polar surface area (TPSA) is 109 Å². The molecule has 0 saturated carbocycles. The van der Waals surface area contributed by atoms with Crippen LogP contribution < -0.4 is 10.0 Å². The third-order valence-electron chi connectivity index (χ3n) is 3.50. The van der Waals surface area contributed by atoms with E-state index in [1.54, 1.807) is 13.2 Å². The number of benzene rings is 1. The number of aromatic nitrogens is 1.